The number of aryl methyl sites for hydroxylation is 1. The molecule has 5 nitrogen and oxygen atoms in total. The van der Waals surface area contributed by atoms with E-state index in [1.165, 1.54) is 6.26 Å². The Bertz CT molecular complexity index is 1250. The average Bonchev–Trinajstić information content (AvgIpc) is 3.43. The summed E-state index contributed by atoms with van der Waals surface area (Å²) in [5.41, 5.74) is 1.91. The van der Waals surface area contributed by atoms with Crippen LogP contribution >= 0.6 is 0 Å². The quantitative estimate of drug-likeness (QED) is 0.581. The zero-order valence-corrected chi connectivity index (χ0v) is 16.9. The number of hydrogen-bond acceptors (Lipinski definition) is 5. The predicted octanol–water partition coefficient (Wildman–Crippen LogP) is 4.87. The molecular weight excluding hydrogens is 386 g/mol. The number of furan rings is 1. The second-order valence-electron chi connectivity index (χ2n) is 8.03. The fourth-order valence-electron chi connectivity index (χ4n) is 4.90. The van der Waals surface area contributed by atoms with Gasteiger partial charge in [0.1, 0.15) is 11.8 Å². The summed E-state index contributed by atoms with van der Waals surface area (Å²) in [6, 6.07) is 21.8. The van der Waals surface area contributed by atoms with Crippen molar-refractivity contribution in [1.29, 1.82) is 10.5 Å². The molecule has 31 heavy (non-hydrogen) atoms. The van der Waals surface area contributed by atoms with Crippen LogP contribution in [0.3, 0.4) is 0 Å². The van der Waals surface area contributed by atoms with Crippen LogP contribution in [0.4, 0.5) is 5.69 Å². The summed E-state index contributed by atoms with van der Waals surface area (Å²) in [5, 5.41) is 20.6. The zero-order chi connectivity index (χ0) is 21.6. The zero-order valence-electron chi connectivity index (χ0n) is 16.9. The molecule has 0 amide bonds. The Kier molecular flexibility index (Phi) is 4.27. The van der Waals surface area contributed by atoms with Crippen molar-refractivity contribution in [3.63, 3.8) is 0 Å². The second-order valence-corrected chi connectivity index (χ2v) is 8.03. The number of fused-ring (bicyclic) bond motifs is 3. The maximum atomic E-state index is 13.9. The highest BCUT2D eigenvalue weighted by Crippen LogP contribution is 2.55. The van der Waals surface area contributed by atoms with Gasteiger partial charge in [-0.2, -0.15) is 10.5 Å². The van der Waals surface area contributed by atoms with Crippen LogP contribution in [0.5, 0.6) is 0 Å². The first-order chi connectivity index (χ1) is 15.1. The lowest BCUT2D eigenvalue weighted by Gasteiger charge is -2.35. The van der Waals surface area contributed by atoms with Crippen molar-refractivity contribution in [3.05, 3.63) is 95.5 Å². The van der Waals surface area contributed by atoms with E-state index in [0.29, 0.717) is 11.3 Å². The number of para-hydroxylation sites is 1. The third-order valence-electron chi connectivity index (χ3n) is 6.37. The standard InChI is InChI=1S/C26H19N3O2/c1-17-8-10-19(11-9-17)25(30)24-23(21-7-4-14-31-21)26(15-27,16-28)22-13-12-18-5-2-3-6-20(18)29(22)24/h2-14,22-24H,1H3/t22-,23-,24+/m1/s1. The lowest BCUT2D eigenvalue weighted by atomic mass is 9.71. The lowest BCUT2D eigenvalue weighted by molar-refractivity contribution is 0.0946. The summed E-state index contributed by atoms with van der Waals surface area (Å²) in [5.74, 6) is -0.412. The number of carbonyl (C=O) groups excluding carboxylic acids is 1. The maximum Gasteiger partial charge on any atom is 0.186 e. The maximum absolute atomic E-state index is 13.9. The molecule has 2 aliphatic rings. The van der Waals surface area contributed by atoms with Crippen molar-refractivity contribution >= 4 is 17.5 Å². The van der Waals surface area contributed by atoms with Crippen molar-refractivity contribution in [2.75, 3.05) is 4.90 Å². The van der Waals surface area contributed by atoms with Gasteiger partial charge in [-0.05, 0) is 30.7 Å². The first kappa shape index (κ1) is 18.9. The van der Waals surface area contributed by atoms with E-state index in [0.717, 1.165) is 16.8 Å². The Morgan fingerprint density at radius 2 is 1.77 bits per heavy atom. The molecule has 3 heterocycles. The summed E-state index contributed by atoms with van der Waals surface area (Å²) < 4.78 is 5.70. The molecule has 5 heteroatoms. The van der Waals surface area contributed by atoms with Gasteiger partial charge in [0.25, 0.3) is 0 Å². The Labute approximate surface area is 180 Å². The summed E-state index contributed by atoms with van der Waals surface area (Å²) in [6.45, 7) is 1.97. The second kappa shape index (κ2) is 7.00. The number of Topliss-reactive ketones (excluding diaryl/α,β-unsaturated/α-hetero) is 1. The van der Waals surface area contributed by atoms with Gasteiger partial charge in [0.15, 0.2) is 11.2 Å². The molecule has 3 atom stereocenters. The number of nitriles is 2. The molecule has 0 bridgehead atoms. The predicted molar refractivity (Wildman–Crippen MR) is 116 cm³/mol. The minimum Gasteiger partial charge on any atom is -0.469 e. The highest BCUT2D eigenvalue weighted by Gasteiger charge is 2.64. The number of nitrogens with zero attached hydrogens (tertiary/aromatic N) is 3. The van der Waals surface area contributed by atoms with Crippen LogP contribution in [0.25, 0.3) is 6.08 Å². The molecule has 0 aliphatic carbocycles. The summed E-state index contributed by atoms with van der Waals surface area (Å²) >= 11 is 0. The SMILES string of the molecule is Cc1ccc(C(=O)[C@@H]2[C@@H](c3ccco3)C(C#N)(C#N)[C@H]3C=Cc4ccccc4N23)cc1. The minimum absolute atomic E-state index is 0.135. The van der Waals surface area contributed by atoms with E-state index in [4.69, 9.17) is 4.42 Å². The smallest absolute Gasteiger partial charge is 0.186 e. The van der Waals surface area contributed by atoms with Gasteiger partial charge in [-0.3, -0.25) is 4.79 Å². The lowest BCUT2D eigenvalue weighted by Crippen LogP contribution is -2.44. The first-order valence-electron chi connectivity index (χ1n) is 10.1. The molecule has 0 radical (unpaired) electrons. The number of ketones is 1. The van der Waals surface area contributed by atoms with Crippen LogP contribution in [0.1, 0.15) is 33.2 Å². The number of hydrogen-bond donors (Lipinski definition) is 0. The monoisotopic (exact) mass is 405 g/mol. The van der Waals surface area contributed by atoms with E-state index in [2.05, 4.69) is 12.1 Å². The molecule has 2 aliphatic heterocycles. The Morgan fingerprint density at radius 1 is 1.03 bits per heavy atom. The van der Waals surface area contributed by atoms with Gasteiger partial charge < -0.3 is 9.32 Å². The molecule has 1 aromatic heterocycles. The molecule has 0 unspecified atom stereocenters. The fourth-order valence-corrected chi connectivity index (χ4v) is 4.90. The molecule has 1 saturated heterocycles. The molecule has 0 N–H and O–H groups in total. The summed E-state index contributed by atoms with van der Waals surface area (Å²) in [7, 11) is 0. The third-order valence-corrected chi connectivity index (χ3v) is 6.37. The van der Waals surface area contributed by atoms with Gasteiger partial charge >= 0.3 is 0 Å². The number of rotatable bonds is 3. The molecule has 2 aromatic carbocycles. The molecule has 1 fully saturated rings. The molecular formula is C26H19N3O2. The Balaban J connectivity index is 1.77. The van der Waals surface area contributed by atoms with Gasteiger partial charge in [0.2, 0.25) is 0 Å². The highest BCUT2D eigenvalue weighted by molar-refractivity contribution is 6.04. The average molecular weight is 405 g/mol. The topological polar surface area (TPSA) is 81.0 Å². The van der Waals surface area contributed by atoms with Crippen LogP contribution in [0, 0.1) is 35.0 Å². The molecule has 0 saturated carbocycles. The van der Waals surface area contributed by atoms with Crippen molar-refractivity contribution < 1.29 is 9.21 Å². The summed E-state index contributed by atoms with van der Waals surface area (Å²) in [6.07, 6.45) is 5.31. The molecule has 3 aromatic rings. The van der Waals surface area contributed by atoms with Crippen molar-refractivity contribution in [3.8, 4) is 12.1 Å². The molecule has 5 rings (SSSR count). The van der Waals surface area contributed by atoms with E-state index in [1.807, 2.05) is 60.4 Å². The molecule has 150 valence electrons. The minimum atomic E-state index is -1.48. The van der Waals surface area contributed by atoms with Crippen LogP contribution < -0.4 is 4.90 Å². The van der Waals surface area contributed by atoms with Crippen LogP contribution in [0.2, 0.25) is 0 Å². The number of anilines is 1. The normalized spacial score (nSPS) is 22.8. The van der Waals surface area contributed by atoms with Gasteiger partial charge in [-0.25, -0.2) is 0 Å². The van der Waals surface area contributed by atoms with E-state index in [9.17, 15) is 15.3 Å². The van der Waals surface area contributed by atoms with Crippen molar-refractivity contribution in [2.24, 2.45) is 5.41 Å². The molecule has 0 spiro atoms. The summed E-state index contributed by atoms with van der Waals surface area (Å²) in [4.78, 5) is 15.9. The van der Waals surface area contributed by atoms with E-state index >= 15 is 0 Å². The van der Waals surface area contributed by atoms with E-state index < -0.39 is 23.4 Å². The van der Waals surface area contributed by atoms with E-state index in [-0.39, 0.29) is 5.78 Å². The van der Waals surface area contributed by atoms with Gasteiger partial charge in [0, 0.05) is 11.3 Å². The number of benzene rings is 2. The van der Waals surface area contributed by atoms with Gasteiger partial charge in [-0.15, -0.1) is 0 Å². The number of carbonyl (C=O) groups is 1. The van der Waals surface area contributed by atoms with Crippen LogP contribution in [0.15, 0.2) is 77.4 Å². The largest absolute Gasteiger partial charge is 0.469 e. The van der Waals surface area contributed by atoms with Crippen molar-refractivity contribution in [2.45, 2.75) is 24.9 Å². The Hall–Kier alpha value is -4.09. The fraction of sp³-hybridized carbons (Fsp3) is 0.192. The van der Waals surface area contributed by atoms with Crippen molar-refractivity contribution in [1.82, 2.24) is 0 Å². The van der Waals surface area contributed by atoms with E-state index in [1.54, 1.807) is 24.3 Å². The highest BCUT2D eigenvalue weighted by atomic mass is 16.3. The first-order valence-corrected chi connectivity index (χ1v) is 10.1. The van der Waals surface area contributed by atoms with Crippen LogP contribution in [-0.2, 0) is 0 Å². The van der Waals surface area contributed by atoms with Gasteiger partial charge in [-0.1, -0.05) is 60.2 Å². The Morgan fingerprint density at radius 3 is 2.45 bits per heavy atom. The third kappa shape index (κ3) is 2.64. The van der Waals surface area contributed by atoms with Crippen LogP contribution in [-0.4, -0.2) is 17.9 Å². The van der Waals surface area contributed by atoms with Gasteiger partial charge in [0.05, 0.1) is 30.4 Å².